The Kier molecular flexibility index (Phi) is 4.28. The molecule has 0 aliphatic carbocycles. The second kappa shape index (κ2) is 6.74. The van der Waals surface area contributed by atoms with Crippen LogP contribution in [0.5, 0.6) is 0 Å². The number of rotatable bonds is 3. The van der Waals surface area contributed by atoms with E-state index >= 15 is 0 Å². The van der Waals surface area contributed by atoms with E-state index in [1.165, 1.54) is 12.1 Å². The molecule has 1 aliphatic rings. The van der Waals surface area contributed by atoms with E-state index in [0.29, 0.717) is 18.7 Å². The lowest BCUT2D eigenvalue weighted by Crippen LogP contribution is -2.48. The predicted octanol–water partition coefficient (Wildman–Crippen LogP) is 2.55. The van der Waals surface area contributed by atoms with E-state index in [-0.39, 0.29) is 11.7 Å². The van der Waals surface area contributed by atoms with Crippen LogP contribution < -0.4 is 4.90 Å². The number of hydrogen-bond donors (Lipinski definition) is 0. The van der Waals surface area contributed by atoms with Crippen molar-refractivity contribution in [2.24, 2.45) is 0 Å². The van der Waals surface area contributed by atoms with Gasteiger partial charge in [0.25, 0.3) is 5.91 Å². The first kappa shape index (κ1) is 16.5. The van der Waals surface area contributed by atoms with Gasteiger partial charge in [0.1, 0.15) is 11.3 Å². The molecule has 2 heterocycles. The van der Waals surface area contributed by atoms with Gasteiger partial charge in [-0.05, 0) is 49.4 Å². The Labute approximate surface area is 150 Å². The summed E-state index contributed by atoms with van der Waals surface area (Å²) >= 11 is 0. The highest BCUT2D eigenvalue weighted by atomic mass is 19.1. The zero-order chi connectivity index (χ0) is 18.1. The molecule has 134 valence electrons. The summed E-state index contributed by atoms with van der Waals surface area (Å²) in [5.41, 5.74) is 3.29. The topological polar surface area (TPSA) is 54.3 Å². The minimum atomic E-state index is -0.238. The summed E-state index contributed by atoms with van der Waals surface area (Å²) in [7, 11) is 0. The highest BCUT2D eigenvalue weighted by molar-refractivity contribution is 5.97. The molecule has 1 fully saturated rings. The van der Waals surface area contributed by atoms with Crippen LogP contribution in [0.1, 0.15) is 17.3 Å². The third kappa shape index (κ3) is 3.00. The summed E-state index contributed by atoms with van der Waals surface area (Å²) in [5.74, 6) is -0.227. The SMILES string of the molecule is CCn1nnc2cc(C(=O)N3CCN(c4ccc(F)cc4)CC3)ccc21. The standard InChI is InChI=1S/C19H20FN5O/c1-2-25-18-8-3-14(13-17(18)21-22-25)19(26)24-11-9-23(10-12-24)16-6-4-15(20)5-7-16/h3-8,13H,2,9-12H2,1H3. The van der Waals surface area contributed by atoms with Gasteiger partial charge in [-0.1, -0.05) is 5.21 Å². The third-order valence-electron chi connectivity index (χ3n) is 4.82. The molecule has 6 nitrogen and oxygen atoms in total. The number of carbonyl (C=O) groups is 1. The van der Waals surface area contributed by atoms with Crippen LogP contribution in [0.25, 0.3) is 11.0 Å². The lowest BCUT2D eigenvalue weighted by atomic mass is 10.1. The van der Waals surface area contributed by atoms with Gasteiger partial charge < -0.3 is 9.80 Å². The first-order valence-corrected chi connectivity index (χ1v) is 8.79. The molecule has 1 aromatic heterocycles. The predicted molar refractivity (Wildman–Crippen MR) is 97.7 cm³/mol. The van der Waals surface area contributed by atoms with E-state index in [9.17, 15) is 9.18 Å². The van der Waals surface area contributed by atoms with Crippen molar-refractivity contribution in [2.45, 2.75) is 13.5 Å². The van der Waals surface area contributed by atoms with Gasteiger partial charge in [-0.2, -0.15) is 0 Å². The van der Waals surface area contributed by atoms with Gasteiger partial charge >= 0.3 is 0 Å². The number of fused-ring (bicyclic) bond motifs is 1. The van der Waals surface area contributed by atoms with Crippen LogP contribution >= 0.6 is 0 Å². The minimum absolute atomic E-state index is 0.0108. The van der Waals surface area contributed by atoms with Gasteiger partial charge in [-0.15, -0.1) is 5.10 Å². The lowest BCUT2D eigenvalue weighted by molar-refractivity contribution is 0.0747. The molecule has 1 aliphatic heterocycles. The fourth-order valence-electron chi connectivity index (χ4n) is 3.34. The summed E-state index contributed by atoms with van der Waals surface area (Å²) in [6.45, 7) is 5.48. The zero-order valence-corrected chi connectivity index (χ0v) is 14.6. The highest BCUT2D eigenvalue weighted by Gasteiger charge is 2.23. The van der Waals surface area contributed by atoms with E-state index in [0.717, 1.165) is 36.4 Å². The van der Waals surface area contributed by atoms with E-state index in [1.807, 2.05) is 34.7 Å². The van der Waals surface area contributed by atoms with Crippen LogP contribution in [0.3, 0.4) is 0 Å². The van der Waals surface area contributed by atoms with Crippen molar-refractivity contribution in [3.8, 4) is 0 Å². The number of aromatic nitrogens is 3. The van der Waals surface area contributed by atoms with Crippen molar-refractivity contribution >= 4 is 22.6 Å². The summed E-state index contributed by atoms with van der Waals surface area (Å²) in [6.07, 6.45) is 0. The van der Waals surface area contributed by atoms with Crippen molar-refractivity contribution < 1.29 is 9.18 Å². The number of halogens is 1. The van der Waals surface area contributed by atoms with Gasteiger partial charge in [0.15, 0.2) is 0 Å². The Morgan fingerprint density at radius 2 is 1.81 bits per heavy atom. The van der Waals surface area contributed by atoms with E-state index in [2.05, 4.69) is 15.2 Å². The molecule has 1 amide bonds. The Bertz CT molecular complexity index is 929. The number of carbonyl (C=O) groups excluding carboxylic acids is 1. The number of aryl methyl sites for hydroxylation is 1. The highest BCUT2D eigenvalue weighted by Crippen LogP contribution is 2.19. The van der Waals surface area contributed by atoms with Crippen molar-refractivity contribution in [1.82, 2.24) is 19.9 Å². The second-order valence-corrected chi connectivity index (χ2v) is 6.36. The minimum Gasteiger partial charge on any atom is -0.368 e. The normalized spacial score (nSPS) is 14.8. The maximum Gasteiger partial charge on any atom is 0.254 e. The summed E-state index contributed by atoms with van der Waals surface area (Å²) in [5, 5.41) is 8.22. The van der Waals surface area contributed by atoms with Crippen LogP contribution in [-0.4, -0.2) is 52.0 Å². The van der Waals surface area contributed by atoms with Gasteiger partial charge in [0.05, 0.1) is 5.52 Å². The molecule has 0 bridgehead atoms. The number of nitrogens with zero attached hydrogens (tertiary/aromatic N) is 5. The molecular weight excluding hydrogens is 333 g/mol. The van der Waals surface area contributed by atoms with E-state index in [4.69, 9.17) is 0 Å². The molecule has 1 saturated heterocycles. The fourth-order valence-corrected chi connectivity index (χ4v) is 3.34. The van der Waals surface area contributed by atoms with Crippen molar-refractivity contribution in [3.63, 3.8) is 0 Å². The van der Waals surface area contributed by atoms with Crippen molar-refractivity contribution in [2.75, 3.05) is 31.1 Å². The Hall–Kier alpha value is -2.96. The van der Waals surface area contributed by atoms with Crippen molar-refractivity contribution in [3.05, 3.63) is 53.8 Å². The average molecular weight is 353 g/mol. The average Bonchev–Trinajstić information content (AvgIpc) is 3.10. The van der Waals surface area contributed by atoms with Gasteiger partial charge in [-0.25, -0.2) is 9.07 Å². The third-order valence-corrected chi connectivity index (χ3v) is 4.82. The number of amides is 1. The number of anilines is 1. The Balaban J connectivity index is 1.45. The quantitative estimate of drug-likeness (QED) is 0.726. The monoisotopic (exact) mass is 353 g/mol. The molecule has 26 heavy (non-hydrogen) atoms. The zero-order valence-electron chi connectivity index (χ0n) is 14.6. The molecular formula is C19H20FN5O. The molecule has 0 spiro atoms. The lowest BCUT2D eigenvalue weighted by Gasteiger charge is -2.36. The summed E-state index contributed by atoms with van der Waals surface area (Å²) < 4.78 is 14.9. The number of hydrogen-bond acceptors (Lipinski definition) is 4. The maximum absolute atomic E-state index is 13.1. The molecule has 0 unspecified atom stereocenters. The van der Waals surface area contributed by atoms with Crippen LogP contribution in [0.2, 0.25) is 0 Å². The number of piperazine rings is 1. The largest absolute Gasteiger partial charge is 0.368 e. The second-order valence-electron chi connectivity index (χ2n) is 6.36. The molecule has 0 radical (unpaired) electrons. The van der Waals surface area contributed by atoms with Gasteiger partial charge in [0, 0.05) is 44.0 Å². The number of benzene rings is 2. The first-order chi connectivity index (χ1) is 12.7. The smallest absolute Gasteiger partial charge is 0.254 e. The molecule has 4 rings (SSSR count). The van der Waals surface area contributed by atoms with Crippen molar-refractivity contribution in [1.29, 1.82) is 0 Å². The van der Waals surface area contributed by atoms with E-state index in [1.54, 1.807) is 12.1 Å². The molecule has 0 atom stereocenters. The molecule has 2 aromatic carbocycles. The first-order valence-electron chi connectivity index (χ1n) is 8.79. The van der Waals surface area contributed by atoms with Gasteiger partial charge in [-0.3, -0.25) is 4.79 Å². The molecule has 7 heteroatoms. The molecule has 3 aromatic rings. The molecule has 0 N–H and O–H groups in total. The van der Waals surface area contributed by atoms with Crippen LogP contribution in [-0.2, 0) is 6.54 Å². The Morgan fingerprint density at radius 3 is 2.50 bits per heavy atom. The molecule has 0 saturated carbocycles. The van der Waals surface area contributed by atoms with Crippen LogP contribution in [0.4, 0.5) is 10.1 Å². The fraction of sp³-hybridized carbons (Fsp3) is 0.316. The summed E-state index contributed by atoms with van der Waals surface area (Å²) in [4.78, 5) is 16.8. The van der Waals surface area contributed by atoms with Crippen LogP contribution in [0.15, 0.2) is 42.5 Å². The Morgan fingerprint density at radius 1 is 1.08 bits per heavy atom. The van der Waals surface area contributed by atoms with Crippen LogP contribution in [0, 0.1) is 5.82 Å². The maximum atomic E-state index is 13.1. The van der Waals surface area contributed by atoms with Gasteiger partial charge in [0.2, 0.25) is 0 Å². The van der Waals surface area contributed by atoms with E-state index < -0.39 is 0 Å². The summed E-state index contributed by atoms with van der Waals surface area (Å²) in [6, 6.07) is 12.0.